The zero-order valence-electron chi connectivity index (χ0n) is 16.6. The van der Waals surface area contributed by atoms with Gasteiger partial charge in [0.2, 0.25) is 6.29 Å². The summed E-state index contributed by atoms with van der Waals surface area (Å²) >= 11 is 0. The largest absolute Gasteiger partial charge is 0.497 e. The molecular weight excluding hydrogens is 380 g/mol. The van der Waals surface area contributed by atoms with Crippen molar-refractivity contribution in [3.8, 4) is 11.5 Å². The maximum absolute atomic E-state index is 12.1. The molecule has 0 fully saturated rings. The van der Waals surface area contributed by atoms with Gasteiger partial charge in [0.25, 0.3) is 0 Å². The van der Waals surface area contributed by atoms with Gasteiger partial charge < -0.3 is 9.47 Å². The third-order valence-electron chi connectivity index (χ3n) is 3.87. The van der Waals surface area contributed by atoms with Crippen LogP contribution in [0.2, 0.25) is 0 Å². The van der Waals surface area contributed by atoms with Crippen molar-refractivity contribution >= 4 is 11.9 Å². The molecule has 0 heterocycles. The fourth-order valence-corrected chi connectivity index (χ4v) is 2.27. The summed E-state index contributed by atoms with van der Waals surface area (Å²) in [7, 11) is 2.98. The van der Waals surface area contributed by atoms with Crippen LogP contribution in [0.1, 0.15) is 46.9 Å². The van der Waals surface area contributed by atoms with Crippen LogP contribution in [0.4, 0.5) is 0 Å². The number of rotatable bonds is 11. The summed E-state index contributed by atoms with van der Waals surface area (Å²) in [5, 5.41) is 0. The van der Waals surface area contributed by atoms with Gasteiger partial charge in [0, 0.05) is 6.42 Å². The topological polar surface area (TPSA) is 89.5 Å². The molecule has 0 radical (unpaired) electrons. The molecule has 0 aromatic heterocycles. The highest BCUT2D eigenvalue weighted by Gasteiger charge is 2.19. The monoisotopic (exact) mass is 404 g/mol. The Morgan fingerprint density at radius 2 is 1.31 bits per heavy atom. The second kappa shape index (κ2) is 11.7. The standard InChI is InChI=1S/C21H24O8/c1-4-5-12-19(26-28-20(22)15-8-6-10-17(13-15)24-2)27-29-21(23)16-9-7-11-18(14-16)25-3/h6-11,13-14,19H,4-5,12H2,1-3H3. The van der Waals surface area contributed by atoms with E-state index in [2.05, 4.69) is 0 Å². The van der Waals surface area contributed by atoms with Crippen LogP contribution in [0.5, 0.6) is 11.5 Å². The number of hydrogen-bond donors (Lipinski definition) is 0. The molecule has 0 amide bonds. The molecule has 8 nitrogen and oxygen atoms in total. The first kappa shape index (κ1) is 22.2. The van der Waals surface area contributed by atoms with Crippen LogP contribution >= 0.6 is 0 Å². The summed E-state index contributed by atoms with van der Waals surface area (Å²) < 4.78 is 10.1. The van der Waals surface area contributed by atoms with Gasteiger partial charge in [-0.05, 0) is 42.8 Å². The summed E-state index contributed by atoms with van der Waals surface area (Å²) in [5.41, 5.74) is 0.485. The molecule has 0 N–H and O–H groups in total. The molecule has 0 aliphatic heterocycles. The third-order valence-corrected chi connectivity index (χ3v) is 3.87. The summed E-state index contributed by atoms with van der Waals surface area (Å²) in [6.07, 6.45) is 0.835. The highest BCUT2D eigenvalue weighted by atomic mass is 17.3. The van der Waals surface area contributed by atoms with E-state index in [1.165, 1.54) is 26.4 Å². The summed E-state index contributed by atoms with van der Waals surface area (Å²) in [4.78, 5) is 44.0. The minimum atomic E-state index is -1.07. The zero-order valence-corrected chi connectivity index (χ0v) is 16.6. The summed E-state index contributed by atoms with van der Waals surface area (Å²) in [5.74, 6) is -0.447. The number of ether oxygens (including phenoxy) is 2. The predicted octanol–water partition coefficient (Wildman–Crippen LogP) is 4.10. The Labute approximate surface area is 169 Å². The van der Waals surface area contributed by atoms with Gasteiger partial charge >= 0.3 is 11.9 Å². The van der Waals surface area contributed by atoms with Crippen molar-refractivity contribution in [1.29, 1.82) is 0 Å². The maximum atomic E-state index is 12.1. The van der Waals surface area contributed by atoms with Gasteiger partial charge in [0.15, 0.2) is 0 Å². The maximum Gasteiger partial charge on any atom is 0.373 e. The van der Waals surface area contributed by atoms with E-state index in [1.807, 2.05) is 6.92 Å². The smallest absolute Gasteiger partial charge is 0.373 e. The van der Waals surface area contributed by atoms with E-state index in [-0.39, 0.29) is 11.1 Å². The molecule has 29 heavy (non-hydrogen) atoms. The van der Waals surface area contributed by atoms with Crippen molar-refractivity contribution in [1.82, 2.24) is 0 Å². The van der Waals surface area contributed by atoms with Crippen LogP contribution in [-0.4, -0.2) is 32.4 Å². The highest BCUT2D eigenvalue weighted by Crippen LogP contribution is 2.17. The average molecular weight is 404 g/mol. The SMILES string of the molecule is CCCCC(OOC(=O)c1cccc(OC)c1)OOC(=O)c1cccc(OC)c1. The van der Waals surface area contributed by atoms with E-state index < -0.39 is 18.2 Å². The average Bonchev–Trinajstić information content (AvgIpc) is 2.78. The molecule has 0 bridgehead atoms. The molecule has 0 spiro atoms. The highest BCUT2D eigenvalue weighted by molar-refractivity contribution is 5.89. The summed E-state index contributed by atoms with van der Waals surface area (Å²) in [6, 6.07) is 12.8. The number of carbonyl (C=O) groups excluding carboxylic acids is 2. The van der Waals surface area contributed by atoms with Crippen LogP contribution in [0.3, 0.4) is 0 Å². The van der Waals surface area contributed by atoms with E-state index in [0.29, 0.717) is 24.3 Å². The Morgan fingerprint density at radius 3 is 1.72 bits per heavy atom. The Balaban J connectivity index is 1.92. The van der Waals surface area contributed by atoms with E-state index in [4.69, 9.17) is 29.0 Å². The fourth-order valence-electron chi connectivity index (χ4n) is 2.27. The number of carbonyl (C=O) groups is 2. The lowest BCUT2D eigenvalue weighted by molar-refractivity contribution is -0.421. The Bertz CT molecular complexity index is 741. The molecule has 2 rings (SSSR count). The van der Waals surface area contributed by atoms with Crippen LogP contribution in [0.15, 0.2) is 48.5 Å². The van der Waals surface area contributed by atoms with Crippen molar-refractivity contribution in [2.24, 2.45) is 0 Å². The molecule has 156 valence electrons. The van der Waals surface area contributed by atoms with Gasteiger partial charge in [-0.25, -0.2) is 9.59 Å². The van der Waals surface area contributed by atoms with Crippen LogP contribution in [0, 0.1) is 0 Å². The van der Waals surface area contributed by atoms with Crippen molar-refractivity contribution < 1.29 is 38.6 Å². The van der Waals surface area contributed by atoms with Crippen LogP contribution in [-0.2, 0) is 19.6 Å². The quantitative estimate of drug-likeness (QED) is 0.314. The molecule has 2 aromatic carbocycles. The van der Waals surface area contributed by atoms with E-state index in [9.17, 15) is 9.59 Å². The van der Waals surface area contributed by atoms with E-state index in [0.717, 1.165) is 6.42 Å². The molecule has 0 unspecified atom stereocenters. The van der Waals surface area contributed by atoms with Crippen LogP contribution < -0.4 is 9.47 Å². The van der Waals surface area contributed by atoms with Crippen molar-refractivity contribution in [2.75, 3.05) is 14.2 Å². The molecule has 0 atom stereocenters. The lowest BCUT2D eigenvalue weighted by Crippen LogP contribution is -2.22. The number of benzene rings is 2. The van der Waals surface area contributed by atoms with E-state index in [1.54, 1.807) is 36.4 Å². The predicted molar refractivity (Wildman–Crippen MR) is 102 cm³/mol. The minimum Gasteiger partial charge on any atom is -0.497 e. The van der Waals surface area contributed by atoms with E-state index >= 15 is 0 Å². The Hall–Kier alpha value is -3.10. The second-order valence-electron chi connectivity index (χ2n) is 5.97. The second-order valence-corrected chi connectivity index (χ2v) is 5.97. The van der Waals surface area contributed by atoms with Gasteiger partial charge in [-0.15, -0.1) is 9.78 Å². The van der Waals surface area contributed by atoms with Gasteiger partial charge in [0.1, 0.15) is 11.5 Å². The fraction of sp³-hybridized carbons (Fsp3) is 0.333. The van der Waals surface area contributed by atoms with Gasteiger partial charge in [-0.3, -0.25) is 9.78 Å². The van der Waals surface area contributed by atoms with Gasteiger partial charge in [0.05, 0.1) is 25.3 Å². The number of unbranched alkanes of at least 4 members (excludes halogenated alkanes) is 1. The number of hydrogen-bond acceptors (Lipinski definition) is 8. The molecule has 2 aromatic rings. The van der Waals surface area contributed by atoms with Gasteiger partial charge in [-0.2, -0.15) is 0 Å². The minimum absolute atomic E-state index is 0.243. The first-order chi connectivity index (χ1) is 14.1. The Morgan fingerprint density at radius 1 is 0.828 bits per heavy atom. The third kappa shape index (κ3) is 7.10. The lowest BCUT2D eigenvalue weighted by atomic mass is 10.2. The van der Waals surface area contributed by atoms with Crippen LogP contribution in [0.25, 0.3) is 0 Å². The lowest BCUT2D eigenvalue weighted by Gasteiger charge is -2.15. The normalized spacial score (nSPS) is 10.5. The van der Waals surface area contributed by atoms with Gasteiger partial charge in [-0.1, -0.05) is 25.5 Å². The first-order valence-electron chi connectivity index (χ1n) is 9.10. The zero-order chi connectivity index (χ0) is 21.1. The van der Waals surface area contributed by atoms with Crippen molar-refractivity contribution in [3.05, 3.63) is 59.7 Å². The Kier molecular flexibility index (Phi) is 8.94. The molecule has 8 heteroatoms. The molecule has 0 saturated heterocycles. The molecule has 0 saturated carbocycles. The first-order valence-corrected chi connectivity index (χ1v) is 9.10. The number of methoxy groups -OCH3 is 2. The van der Waals surface area contributed by atoms with Crippen molar-refractivity contribution in [2.45, 2.75) is 32.5 Å². The summed E-state index contributed by atoms with van der Waals surface area (Å²) in [6.45, 7) is 1.97. The molecule has 0 aliphatic rings. The van der Waals surface area contributed by atoms with Crippen molar-refractivity contribution in [3.63, 3.8) is 0 Å². The molecular formula is C21H24O8. The molecule has 0 aliphatic carbocycles.